The molecule has 0 aliphatic heterocycles. The fraction of sp³-hybridized carbons (Fsp3) is 0.429. The molecule has 38 heavy (non-hydrogen) atoms. The van der Waals surface area contributed by atoms with Crippen LogP contribution in [0.2, 0.25) is 0 Å². The van der Waals surface area contributed by atoms with Gasteiger partial charge in [0.25, 0.3) is 5.91 Å². The minimum absolute atomic E-state index is 0.281. The molecule has 0 saturated heterocycles. The van der Waals surface area contributed by atoms with Gasteiger partial charge in [-0.25, -0.2) is 4.79 Å². The molecule has 2 rings (SSSR count). The maximum absolute atomic E-state index is 13.1. The summed E-state index contributed by atoms with van der Waals surface area (Å²) < 4.78 is 0. The summed E-state index contributed by atoms with van der Waals surface area (Å²) in [6, 6.07) is 12.7. The molecule has 0 spiro atoms. The number of nitrogens with one attached hydrogen (secondary N) is 3. The lowest BCUT2D eigenvalue weighted by Crippen LogP contribution is -2.59. The Bertz CT molecular complexity index is 1130. The van der Waals surface area contributed by atoms with Gasteiger partial charge in [0.05, 0.1) is 11.4 Å². The third-order valence-electron chi connectivity index (χ3n) is 5.88. The topological polar surface area (TPSA) is 149 Å². The van der Waals surface area contributed by atoms with Crippen LogP contribution in [0.3, 0.4) is 0 Å². The first-order valence-corrected chi connectivity index (χ1v) is 12.6. The Balaban J connectivity index is 2.09. The van der Waals surface area contributed by atoms with Crippen LogP contribution in [-0.2, 0) is 14.4 Å². The zero-order valence-corrected chi connectivity index (χ0v) is 22.6. The first-order chi connectivity index (χ1) is 17.9. The highest BCUT2D eigenvalue weighted by atomic mass is 16.4. The first kappa shape index (κ1) is 30.1. The molecule has 204 valence electrons. The van der Waals surface area contributed by atoms with Crippen molar-refractivity contribution in [3.63, 3.8) is 0 Å². The van der Waals surface area contributed by atoms with Crippen molar-refractivity contribution in [1.29, 1.82) is 0 Å². The Labute approximate surface area is 223 Å². The Morgan fingerprint density at radius 2 is 1.03 bits per heavy atom. The summed E-state index contributed by atoms with van der Waals surface area (Å²) >= 11 is 0. The van der Waals surface area contributed by atoms with E-state index >= 15 is 0 Å². The normalized spacial score (nSPS) is 13.8. The standard InChI is InChI=1S/C28H37N5O5/c1-16(2)22(26(35)30-23(17(3)4)27(36)31-24(18(5)6)28(37)38)29-25(34)19-12-14-21(15-13-19)33-32-20-10-8-7-9-11-20/h7-18,22-24H,1-6H3,(H,29,34)(H,30,35)(H,31,36)(H,37,38)/t22-,23-,24-/m0/s1. The monoisotopic (exact) mass is 523 g/mol. The van der Waals surface area contributed by atoms with E-state index in [9.17, 15) is 24.3 Å². The van der Waals surface area contributed by atoms with E-state index in [-0.39, 0.29) is 17.8 Å². The van der Waals surface area contributed by atoms with Gasteiger partial charge in [0.1, 0.15) is 18.1 Å². The molecule has 0 saturated carbocycles. The Hall–Kier alpha value is -4.08. The lowest BCUT2D eigenvalue weighted by molar-refractivity contribution is -0.143. The fourth-order valence-electron chi connectivity index (χ4n) is 3.58. The second-order valence-electron chi connectivity index (χ2n) is 10.1. The van der Waals surface area contributed by atoms with Crippen LogP contribution < -0.4 is 16.0 Å². The second-order valence-corrected chi connectivity index (χ2v) is 10.1. The van der Waals surface area contributed by atoms with E-state index in [1.165, 1.54) is 0 Å². The number of amides is 3. The molecule has 0 aliphatic rings. The summed E-state index contributed by atoms with van der Waals surface area (Å²) in [5.74, 6) is -3.68. The van der Waals surface area contributed by atoms with Crippen molar-refractivity contribution in [3.05, 3.63) is 60.2 Å². The molecule has 10 nitrogen and oxygen atoms in total. The highest BCUT2D eigenvalue weighted by Gasteiger charge is 2.33. The minimum Gasteiger partial charge on any atom is -0.480 e. The smallest absolute Gasteiger partial charge is 0.326 e. The Kier molecular flexibility index (Phi) is 11.1. The zero-order chi connectivity index (χ0) is 28.4. The number of aliphatic carboxylic acids is 1. The molecule has 3 amide bonds. The van der Waals surface area contributed by atoms with Gasteiger partial charge in [0.15, 0.2) is 0 Å². The van der Waals surface area contributed by atoms with Gasteiger partial charge in [0, 0.05) is 5.56 Å². The summed E-state index contributed by atoms with van der Waals surface area (Å²) in [5.41, 5.74) is 1.60. The van der Waals surface area contributed by atoms with Crippen LogP contribution in [0.1, 0.15) is 51.9 Å². The number of carbonyl (C=O) groups excluding carboxylic acids is 3. The number of azo groups is 1. The third-order valence-corrected chi connectivity index (χ3v) is 5.88. The third kappa shape index (κ3) is 8.79. The quantitative estimate of drug-likeness (QED) is 0.307. The molecular formula is C28H37N5O5. The van der Waals surface area contributed by atoms with Gasteiger partial charge in [0.2, 0.25) is 11.8 Å². The summed E-state index contributed by atoms with van der Waals surface area (Å²) in [4.78, 5) is 50.4. The molecule has 0 aromatic heterocycles. The van der Waals surface area contributed by atoms with Gasteiger partial charge in [-0.2, -0.15) is 10.2 Å². The van der Waals surface area contributed by atoms with Crippen molar-refractivity contribution in [2.75, 3.05) is 0 Å². The van der Waals surface area contributed by atoms with Crippen LogP contribution in [-0.4, -0.2) is 46.9 Å². The lowest BCUT2D eigenvalue weighted by atomic mass is 9.98. The van der Waals surface area contributed by atoms with Crippen molar-refractivity contribution in [2.24, 2.45) is 28.0 Å². The Morgan fingerprint density at radius 3 is 1.47 bits per heavy atom. The first-order valence-electron chi connectivity index (χ1n) is 12.6. The van der Waals surface area contributed by atoms with Gasteiger partial charge >= 0.3 is 5.97 Å². The van der Waals surface area contributed by atoms with Crippen LogP contribution in [0.5, 0.6) is 0 Å². The molecular weight excluding hydrogens is 486 g/mol. The van der Waals surface area contributed by atoms with Crippen LogP contribution in [0, 0.1) is 17.8 Å². The largest absolute Gasteiger partial charge is 0.480 e. The Morgan fingerprint density at radius 1 is 0.605 bits per heavy atom. The SMILES string of the molecule is CC(C)[C@H](NC(=O)[C@@H](NC(=O)[C@@H](NC(=O)c1ccc(N=Nc2ccccc2)cc1)C(C)C)C(C)C)C(=O)O. The number of nitrogens with zero attached hydrogens (tertiary/aromatic N) is 2. The van der Waals surface area contributed by atoms with Crippen LogP contribution in [0.15, 0.2) is 64.8 Å². The molecule has 0 radical (unpaired) electrons. The summed E-state index contributed by atoms with van der Waals surface area (Å²) in [7, 11) is 0. The minimum atomic E-state index is -1.15. The van der Waals surface area contributed by atoms with Gasteiger partial charge in [-0.1, -0.05) is 59.7 Å². The molecule has 2 aromatic rings. The summed E-state index contributed by atoms with van der Waals surface area (Å²) in [6.45, 7) is 10.4. The van der Waals surface area contributed by atoms with E-state index in [1.54, 1.807) is 65.8 Å². The number of hydrogen-bond acceptors (Lipinski definition) is 6. The zero-order valence-electron chi connectivity index (χ0n) is 22.6. The number of carboxylic acids is 1. The van der Waals surface area contributed by atoms with E-state index < -0.39 is 41.8 Å². The number of carboxylic acid groups (broad SMARTS) is 1. The predicted molar refractivity (Wildman–Crippen MR) is 144 cm³/mol. The van der Waals surface area contributed by atoms with E-state index in [0.29, 0.717) is 16.9 Å². The molecule has 10 heteroatoms. The van der Waals surface area contributed by atoms with Gasteiger partial charge in [-0.3, -0.25) is 14.4 Å². The van der Waals surface area contributed by atoms with Crippen LogP contribution >= 0.6 is 0 Å². The lowest BCUT2D eigenvalue weighted by Gasteiger charge is -2.28. The van der Waals surface area contributed by atoms with Gasteiger partial charge in [-0.15, -0.1) is 0 Å². The molecule has 3 atom stereocenters. The number of rotatable bonds is 12. The molecule has 0 aliphatic carbocycles. The number of benzene rings is 2. The molecule has 0 fully saturated rings. The highest BCUT2D eigenvalue weighted by Crippen LogP contribution is 2.18. The maximum atomic E-state index is 13.1. The van der Waals surface area contributed by atoms with E-state index in [2.05, 4.69) is 26.2 Å². The fourth-order valence-corrected chi connectivity index (χ4v) is 3.58. The van der Waals surface area contributed by atoms with Crippen molar-refractivity contribution in [1.82, 2.24) is 16.0 Å². The number of carbonyl (C=O) groups is 4. The van der Waals surface area contributed by atoms with Crippen molar-refractivity contribution < 1.29 is 24.3 Å². The molecule has 0 heterocycles. The van der Waals surface area contributed by atoms with E-state index in [4.69, 9.17) is 0 Å². The van der Waals surface area contributed by atoms with E-state index in [0.717, 1.165) is 0 Å². The van der Waals surface area contributed by atoms with Crippen LogP contribution in [0.4, 0.5) is 11.4 Å². The molecule has 0 unspecified atom stereocenters. The molecule has 4 N–H and O–H groups in total. The van der Waals surface area contributed by atoms with Crippen molar-refractivity contribution in [2.45, 2.75) is 59.7 Å². The average molecular weight is 524 g/mol. The molecule has 0 bridgehead atoms. The summed E-state index contributed by atoms with van der Waals surface area (Å²) in [5, 5.41) is 25.6. The van der Waals surface area contributed by atoms with Crippen LogP contribution in [0.25, 0.3) is 0 Å². The van der Waals surface area contributed by atoms with Crippen molar-refractivity contribution in [3.8, 4) is 0 Å². The average Bonchev–Trinajstić information content (AvgIpc) is 2.87. The van der Waals surface area contributed by atoms with Gasteiger partial charge < -0.3 is 21.1 Å². The predicted octanol–water partition coefficient (Wildman–Crippen LogP) is 4.22. The van der Waals surface area contributed by atoms with Crippen molar-refractivity contribution >= 4 is 35.1 Å². The van der Waals surface area contributed by atoms with Gasteiger partial charge in [-0.05, 0) is 54.2 Å². The molecule has 2 aromatic carbocycles. The number of hydrogen-bond donors (Lipinski definition) is 4. The highest BCUT2D eigenvalue weighted by molar-refractivity contribution is 5.99. The maximum Gasteiger partial charge on any atom is 0.326 e. The second kappa shape index (κ2) is 14.0. The van der Waals surface area contributed by atoms with E-state index in [1.807, 2.05) is 30.3 Å². The summed E-state index contributed by atoms with van der Waals surface area (Å²) in [6.07, 6.45) is 0.